The fourth-order valence-corrected chi connectivity index (χ4v) is 3.41. The van der Waals surface area contributed by atoms with Crippen molar-refractivity contribution in [2.24, 2.45) is 0 Å². The third-order valence-electron chi connectivity index (χ3n) is 4.77. The van der Waals surface area contributed by atoms with E-state index in [-0.39, 0.29) is 24.0 Å². The average Bonchev–Trinajstić information content (AvgIpc) is 2.96. The van der Waals surface area contributed by atoms with Crippen molar-refractivity contribution in [1.29, 1.82) is 0 Å². The number of amides is 1. The number of rotatable bonds is 7. The van der Waals surface area contributed by atoms with Gasteiger partial charge in [-0.3, -0.25) is 9.59 Å². The van der Waals surface area contributed by atoms with E-state index < -0.39 is 23.5 Å². The number of hydrogen-bond donors (Lipinski definition) is 1. The standard InChI is InChI=1S/C23H24FNO4/c1-15(2)29-14-6-13-25-20(16-9-11-18(24)12-10-16)19(22(27)23(25)28)21(26)17-7-4-3-5-8-17/h3-5,7-12,15,20,26H,6,13-14H2,1-2H3/t20-/m1/s1. The lowest BCUT2D eigenvalue weighted by Crippen LogP contribution is -2.31. The Morgan fingerprint density at radius 1 is 1.10 bits per heavy atom. The van der Waals surface area contributed by atoms with Gasteiger partial charge >= 0.3 is 0 Å². The molecule has 0 radical (unpaired) electrons. The van der Waals surface area contributed by atoms with E-state index in [0.29, 0.717) is 24.2 Å². The molecular formula is C23H24FNO4. The molecule has 1 aliphatic heterocycles. The van der Waals surface area contributed by atoms with Crippen LogP contribution in [0.1, 0.15) is 37.4 Å². The summed E-state index contributed by atoms with van der Waals surface area (Å²) in [7, 11) is 0. The monoisotopic (exact) mass is 397 g/mol. The maximum Gasteiger partial charge on any atom is 0.295 e. The van der Waals surface area contributed by atoms with Gasteiger partial charge in [-0.15, -0.1) is 0 Å². The van der Waals surface area contributed by atoms with Crippen molar-refractivity contribution in [3.8, 4) is 0 Å². The van der Waals surface area contributed by atoms with E-state index in [1.165, 1.54) is 29.2 Å². The summed E-state index contributed by atoms with van der Waals surface area (Å²) in [5.74, 6) is -2.08. The third kappa shape index (κ3) is 4.54. The minimum absolute atomic E-state index is 0.0117. The van der Waals surface area contributed by atoms with Gasteiger partial charge in [0.1, 0.15) is 11.6 Å². The molecule has 0 bridgehead atoms. The molecule has 2 aromatic rings. The van der Waals surface area contributed by atoms with Gasteiger partial charge < -0.3 is 14.7 Å². The first-order valence-corrected chi connectivity index (χ1v) is 9.61. The van der Waals surface area contributed by atoms with Crippen molar-refractivity contribution in [3.05, 3.63) is 77.1 Å². The van der Waals surface area contributed by atoms with Crippen LogP contribution in [0.25, 0.3) is 5.76 Å². The molecule has 29 heavy (non-hydrogen) atoms. The van der Waals surface area contributed by atoms with Gasteiger partial charge in [-0.2, -0.15) is 0 Å². The molecule has 0 saturated carbocycles. The smallest absolute Gasteiger partial charge is 0.295 e. The highest BCUT2D eigenvalue weighted by Gasteiger charge is 2.45. The van der Waals surface area contributed by atoms with Crippen LogP contribution in [-0.4, -0.2) is 41.0 Å². The molecule has 0 spiro atoms. The number of carbonyl (C=O) groups excluding carboxylic acids is 2. The molecule has 152 valence electrons. The molecule has 0 aliphatic carbocycles. The fraction of sp³-hybridized carbons (Fsp3) is 0.304. The average molecular weight is 397 g/mol. The van der Waals surface area contributed by atoms with Gasteiger partial charge in [0.25, 0.3) is 11.7 Å². The van der Waals surface area contributed by atoms with Crippen molar-refractivity contribution in [2.45, 2.75) is 32.4 Å². The van der Waals surface area contributed by atoms with Crippen molar-refractivity contribution in [2.75, 3.05) is 13.2 Å². The second-order valence-corrected chi connectivity index (χ2v) is 7.18. The first-order valence-electron chi connectivity index (χ1n) is 9.61. The lowest BCUT2D eigenvalue weighted by molar-refractivity contribution is -0.140. The van der Waals surface area contributed by atoms with Gasteiger partial charge in [0.15, 0.2) is 0 Å². The molecule has 1 N–H and O–H groups in total. The number of ether oxygens (including phenoxy) is 1. The molecule has 0 unspecified atom stereocenters. The fourth-order valence-electron chi connectivity index (χ4n) is 3.41. The largest absolute Gasteiger partial charge is 0.507 e. The number of likely N-dealkylation sites (tertiary alicyclic amines) is 1. The number of hydrogen-bond acceptors (Lipinski definition) is 4. The number of aliphatic hydroxyl groups excluding tert-OH is 1. The summed E-state index contributed by atoms with van der Waals surface area (Å²) in [5, 5.41) is 10.8. The van der Waals surface area contributed by atoms with Crippen molar-refractivity contribution in [3.63, 3.8) is 0 Å². The number of Topliss-reactive ketones (excluding diaryl/α,β-unsaturated/α-hetero) is 1. The van der Waals surface area contributed by atoms with E-state index in [2.05, 4.69) is 0 Å². The second kappa shape index (κ2) is 9.01. The van der Waals surface area contributed by atoms with Crippen LogP contribution in [0.3, 0.4) is 0 Å². The quantitative estimate of drug-likeness (QED) is 0.331. The summed E-state index contributed by atoms with van der Waals surface area (Å²) in [5.41, 5.74) is 1.02. The first-order chi connectivity index (χ1) is 13.9. The van der Waals surface area contributed by atoms with Gasteiger partial charge in [-0.1, -0.05) is 42.5 Å². The van der Waals surface area contributed by atoms with E-state index >= 15 is 0 Å². The summed E-state index contributed by atoms with van der Waals surface area (Å²) in [6.07, 6.45) is 0.602. The van der Waals surface area contributed by atoms with Crippen molar-refractivity contribution in [1.82, 2.24) is 4.90 Å². The highest BCUT2D eigenvalue weighted by molar-refractivity contribution is 6.46. The molecule has 1 saturated heterocycles. The van der Waals surface area contributed by atoms with Gasteiger partial charge in [-0.25, -0.2) is 4.39 Å². The molecule has 3 rings (SSSR count). The Balaban J connectivity index is 2.00. The maximum absolute atomic E-state index is 13.4. The topological polar surface area (TPSA) is 66.8 Å². The number of halogens is 1. The zero-order valence-corrected chi connectivity index (χ0v) is 16.5. The van der Waals surface area contributed by atoms with Crippen LogP contribution in [0.4, 0.5) is 4.39 Å². The van der Waals surface area contributed by atoms with Crippen LogP contribution in [-0.2, 0) is 14.3 Å². The van der Waals surface area contributed by atoms with E-state index in [4.69, 9.17) is 4.74 Å². The first kappa shape index (κ1) is 20.7. The molecule has 1 fully saturated rings. The summed E-state index contributed by atoms with van der Waals surface area (Å²) in [6, 6.07) is 13.4. The minimum atomic E-state index is -0.783. The molecule has 1 aliphatic rings. The second-order valence-electron chi connectivity index (χ2n) is 7.18. The summed E-state index contributed by atoms with van der Waals surface area (Å²) in [4.78, 5) is 27.0. The van der Waals surface area contributed by atoms with E-state index in [1.54, 1.807) is 30.3 Å². The van der Waals surface area contributed by atoms with Crippen LogP contribution in [0.2, 0.25) is 0 Å². The van der Waals surface area contributed by atoms with Gasteiger partial charge in [0.05, 0.1) is 17.7 Å². The lowest BCUT2D eigenvalue weighted by Gasteiger charge is -2.25. The number of benzene rings is 2. The maximum atomic E-state index is 13.4. The normalized spacial score (nSPS) is 18.6. The van der Waals surface area contributed by atoms with E-state index in [9.17, 15) is 19.1 Å². The summed E-state index contributed by atoms with van der Waals surface area (Å²) in [6.45, 7) is 4.57. The highest BCUT2D eigenvalue weighted by atomic mass is 19.1. The lowest BCUT2D eigenvalue weighted by atomic mass is 9.95. The van der Waals surface area contributed by atoms with Gasteiger partial charge in [0, 0.05) is 18.7 Å². The van der Waals surface area contributed by atoms with Crippen LogP contribution in [0, 0.1) is 5.82 Å². The highest BCUT2D eigenvalue weighted by Crippen LogP contribution is 2.39. The molecule has 1 amide bonds. The Morgan fingerprint density at radius 3 is 2.38 bits per heavy atom. The van der Waals surface area contributed by atoms with E-state index in [1.807, 2.05) is 13.8 Å². The van der Waals surface area contributed by atoms with Crippen LogP contribution in [0.5, 0.6) is 0 Å². The molecule has 1 atom stereocenters. The molecule has 1 heterocycles. The molecular weight excluding hydrogens is 373 g/mol. The van der Waals surface area contributed by atoms with Gasteiger partial charge in [0.2, 0.25) is 0 Å². The molecule has 5 nitrogen and oxygen atoms in total. The predicted molar refractivity (Wildman–Crippen MR) is 108 cm³/mol. The molecule has 0 aromatic heterocycles. The SMILES string of the molecule is CC(C)OCCCN1C(=O)C(=O)C(=C(O)c2ccccc2)[C@H]1c1ccc(F)cc1. The van der Waals surface area contributed by atoms with Gasteiger partial charge in [-0.05, 0) is 38.0 Å². The van der Waals surface area contributed by atoms with Crippen molar-refractivity contribution < 1.29 is 23.8 Å². The molecule has 6 heteroatoms. The number of carbonyl (C=O) groups is 2. The minimum Gasteiger partial charge on any atom is -0.507 e. The Hall–Kier alpha value is -2.99. The predicted octanol–water partition coefficient (Wildman–Crippen LogP) is 4.06. The molecule has 2 aromatic carbocycles. The Morgan fingerprint density at radius 2 is 1.76 bits per heavy atom. The number of ketones is 1. The Bertz CT molecular complexity index is 906. The zero-order chi connectivity index (χ0) is 21.0. The zero-order valence-electron chi connectivity index (χ0n) is 16.5. The Kier molecular flexibility index (Phi) is 6.44. The van der Waals surface area contributed by atoms with E-state index in [0.717, 1.165) is 0 Å². The summed E-state index contributed by atoms with van der Waals surface area (Å²) < 4.78 is 19.0. The van der Waals surface area contributed by atoms with Crippen LogP contribution in [0.15, 0.2) is 60.2 Å². The van der Waals surface area contributed by atoms with Crippen LogP contribution < -0.4 is 0 Å². The Labute approximate surface area is 169 Å². The number of aliphatic hydroxyl groups is 1. The third-order valence-corrected chi connectivity index (χ3v) is 4.77. The van der Waals surface area contributed by atoms with Crippen LogP contribution >= 0.6 is 0 Å². The van der Waals surface area contributed by atoms with Crippen molar-refractivity contribution >= 4 is 17.4 Å². The number of nitrogens with zero attached hydrogens (tertiary/aromatic N) is 1. The summed E-state index contributed by atoms with van der Waals surface area (Å²) >= 11 is 0.